The summed E-state index contributed by atoms with van der Waals surface area (Å²) in [7, 11) is 0. The van der Waals surface area contributed by atoms with Gasteiger partial charge in [-0.25, -0.2) is 9.97 Å². The average molecular weight is 469 g/mol. The Morgan fingerprint density at radius 3 is 2.32 bits per heavy atom. The highest BCUT2D eigenvalue weighted by Crippen LogP contribution is 2.27. The topological polar surface area (TPSA) is 59.8 Å². The Kier molecular flexibility index (Phi) is 7.35. The summed E-state index contributed by atoms with van der Waals surface area (Å²) < 4.78 is 2.01. The SMILES string of the molecule is Cl.O=C(NCCCn1ccnc1)c1cc(-c2ccc(-c3ccccc3)cc2)nc2ccccc12. The minimum absolute atomic E-state index is 0. The van der Waals surface area contributed by atoms with E-state index in [1.807, 2.05) is 59.3 Å². The lowest BCUT2D eigenvalue weighted by Gasteiger charge is -2.11. The molecule has 0 unspecified atom stereocenters. The third-order valence-electron chi connectivity index (χ3n) is 5.69. The van der Waals surface area contributed by atoms with Crippen LogP contribution in [0.4, 0.5) is 0 Å². The lowest BCUT2D eigenvalue weighted by Crippen LogP contribution is -2.25. The number of benzene rings is 3. The predicted octanol–water partition coefficient (Wildman–Crippen LogP) is 6.01. The van der Waals surface area contributed by atoms with Crippen molar-refractivity contribution in [3.8, 4) is 22.4 Å². The van der Waals surface area contributed by atoms with Crippen LogP contribution < -0.4 is 5.32 Å². The molecule has 0 bridgehead atoms. The van der Waals surface area contributed by atoms with Crippen LogP contribution in [0.25, 0.3) is 33.3 Å². The quantitative estimate of drug-likeness (QED) is 0.298. The Bertz CT molecular complexity index is 1370. The standard InChI is InChI=1S/C28H24N4O.ClH/c33-28(30-15-6-17-32-18-16-29-20-32)25-19-27(31-26-10-5-4-9-24(25)26)23-13-11-22(12-14-23)21-7-2-1-3-8-21;/h1-5,7-14,16,18-20H,6,15,17H2,(H,30,33);1H. The van der Waals surface area contributed by atoms with Crippen LogP contribution in [0.3, 0.4) is 0 Å². The fourth-order valence-electron chi connectivity index (χ4n) is 3.95. The molecule has 34 heavy (non-hydrogen) atoms. The summed E-state index contributed by atoms with van der Waals surface area (Å²) in [6, 6.07) is 28.3. The number of hydrogen-bond acceptors (Lipinski definition) is 3. The second-order valence-corrected chi connectivity index (χ2v) is 7.93. The van der Waals surface area contributed by atoms with E-state index in [4.69, 9.17) is 4.98 Å². The molecule has 0 aliphatic heterocycles. The molecule has 5 aromatic rings. The molecule has 2 aromatic heterocycles. The Balaban J connectivity index is 0.00000274. The second kappa shape index (κ2) is 10.8. The van der Waals surface area contributed by atoms with Crippen molar-refractivity contribution in [3.63, 3.8) is 0 Å². The second-order valence-electron chi connectivity index (χ2n) is 7.93. The van der Waals surface area contributed by atoms with Gasteiger partial charge in [-0.3, -0.25) is 4.79 Å². The van der Waals surface area contributed by atoms with Crippen molar-refractivity contribution in [1.29, 1.82) is 0 Å². The zero-order chi connectivity index (χ0) is 22.5. The summed E-state index contributed by atoms with van der Waals surface area (Å²) >= 11 is 0. The number of nitrogens with one attached hydrogen (secondary N) is 1. The first-order valence-electron chi connectivity index (χ1n) is 11.1. The Hall–Kier alpha value is -3.96. The highest BCUT2D eigenvalue weighted by atomic mass is 35.5. The molecule has 0 atom stereocenters. The number of hydrogen-bond donors (Lipinski definition) is 1. The van der Waals surface area contributed by atoms with Gasteiger partial charge in [0, 0.05) is 36.4 Å². The van der Waals surface area contributed by atoms with Gasteiger partial charge in [0.25, 0.3) is 5.91 Å². The van der Waals surface area contributed by atoms with Gasteiger partial charge in [-0.1, -0.05) is 72.8 Å². The van der Waals surface area contributed by atoms with E-state index in [1.165, 1.54) is 5.56 Å². The lowest BCUT2D eigenvalue weighted by molar-refractivity contribution is 0.0954. The number of carbonyl (C=O) groups is 1. The number of carbonyl (C=O) groups excluding carboxylic acids is 1. The molecule has 0 saturated heterocycles. The van der Waals surface area contributed by atoms with Gasteiger partial charge in [0.15, 0.2) is 0 Å². The van der Waals surface area contributed by atoms with E-state index in [0.29, 0.717) is 12.1 Å². The Morgan fingerprint density at radius 1 is 0.853 bits per heavy atom. The van der Waals surface area contributed by atoms with Gasteiger partial charge in [0.2, 0.25) is 0 Å². The number of fused-ring (bicyclic) bond motifs is 1. The van der Waals surface area contributed by atoms with Crippen LogP contribution in [-0.2, 0) is 6.54 Å². The van der Waals surface area contributed by atoms with E-state index in [2.05, 4.69) is 46.7 Å². The smallest absolute Gasteiger partial charge is 0.252 e. The number of nitrogens with zero attached hydrogens (tertiary/aromatic N) is 3. The molecule has 3 aromatic carbocycles. The van der Waals surface area contributed by atoms with Crippen molar-refractivity contribution >= 4 is 29.2 Å². The predicted molar refractivity (Wildman–Crippen MR) is 139 cm³/mol. The Labute approximate surface area is 204 Å². The van der Waals surface area contributed by atoms with E-state index in [9.17, 15) is 4.79 Å². The van der Waals surface area contributed by atoms with Gasteiger partial charge in [0.1, 0.15) is 0 Å². The van der Waals surface area contributed by atoms with Gasteiger partial charge >= 0.3 is 0 Å². The van der Waals surface area contributed by atoms with Gasteiger partial charge in [0.05, 0.1) is 23.1 Å². The number of aromatic nitrogens is 3. The molecule has 5 nitrogen and oxygen atoms in total. The van der Waals surface area contributed by atoms with Crippen molar-refractivity contribution in [2.45, 2.75) is 13.0 Å². The van der Waals surface area contributed by atoms with Crippen LogP contribution in [-0.4, -0.2) is 27.0 Å². The monoisotopic (exact) mass is 468 g/mol. The largest absolute Gasteiger partial charge is 0.352 e. The van der Waals surface area contributed by atoms with Crippen molar-refractivity contribution in [3.05, 3.63) is 109 Å². The number of pyridine rings is 1. The number of aryl methyl sites for hydroxylation is 1. The molecule has 1 N–H and O–H groups in total. The van der Waals surface area contributed by atoms with Crippen LogP contribution in [0.15, 0.2) is 104 Å². The first kappa shape index (κ1) is 23.2. The molecule has 5 rings (SSSR count). The first-order chi connectivity index (χ1) is 16.3. The maximum absolute atomic E-state index is 13.1. The molecule has 1 amide bonds. The van der Waals surface area contributed by atoms with Crippen molar-refractivity contribution < 1.29 is 4.79 Å². The maximum atomic E-state index is 13.1. The van der Waals surface area contributed by atoms with Gasteiger partial charge in [-0.05, 0) is 29.7 Å². The molecular weight excluding hydrogens is 444 g/mol. The zero-order valence-corrected chi connectivity index (χ0v) is 19.4. The molecule has 0 fully saturated rings. The fraction of sp³-hybridized carbons (Fsp3) is 0.107. The molecular formula is C28H25ClN4O. The van der Waals surface area contributed by atoms with E-state index < -0.39 is 0 Å². The number of rotatable bonds is 7. The lowest BCUT2D eigenvalue weighted by atomic mass is 10.0. The van der Waals surface area contributed by atoms with E-state index in [1.54, 1.807) is 12.5 Å². The molecule has 0 saturated carbocycles. The summed E-state index contributed by atoms with van der Waals surface area (Å²) in [5.74, 6) is -0.0820. The van der Waals surface area contributed by atoms with Crippen molar-refractivity contribution in [2.75, 3.05) is 6.54 Å². The minimum Gasteiger partial charge on any atom is -0.352 e. The third-order valence-corrected chi connectivity index (χ3v) is 5.69. The van der Waals surface area contributed by atoms with E-state index >= 15 is 0 Å². The highest BCUT2D eigenvalue weighted by Gasteiger charge is 2.14. The van der Waals surface area contributed by atoms with E-state index in [-0.39, 0.29) is 18.3 Å². The van der Waals surface area contributed by atoms with Crippen LogP contribution in [0, 0.1) is 0 Å². The summed E-state index contributed by atoms with van der Waals surface area (Å²) in [6.07, 6.45) is 6.30. The van der Waals surface area contributed by atoms with Crippen LogP contribution >= 0.6 is 12.4 Å². The van der Waals surface area contributed by atoms with Crippen LogP contribution in [0.1, 0.15) is 16.8 Å². The van der Waals surface area contributed by atoms with Crippen LogP contribution in [0.5, 0.6) is 0 Å². The molecule has 170 valence electrons. The zero-order valence-electron chi connectivity index (χ0n) is 18.6. The summed E-state index contributed by atoms with van der Waals surface area (Å²) in [5, 5.41) is 3.92. The number of imidazole rings is 1. The molecule has 0 radical (unpaired) electrons. The third kappa shape index (κ3) is 5.16. The molecule has 2 heterocycles. The summed E-state index contributed by atoms with van der Waals surface area (Å²) in [6.45, 7) is 1.41. The molecule has 0 aliphatic rings. The summed E-state index contributed by atoms with van der Waals surface area (Å²) in [4.78, 5) is 22.0. The first-order valence-corrected chi connectivity index (χ1v) is 11.1. The van der Waals surface area contributed by atoms with Gasteiger partial charge in [-0.2, -0.15) is 0 Å². The molecule has 0 aliphatic carbocycles. The number of halogens is 1. The van der Waals surface area contributed by atoms with Crippen molar-refractivity contribution in [1.82, 2.24) is 19.9 Å². The molecule has 6 heteroatoms. The summed E-state index contributed by atoms with van der Waals surface area (Å²) in [5.41, 5.74) is 5.55. The minimum atomic E-state index is -0.0820. The van der Waals surface area contributed by atoms with Crippen molar-refractivity contribution in [2.24, 2.45) is 0 Å². The van der Waals surface area contributed by atoms with Gasteiger partial charge < -0.3 is 9.88 Å². The number of para-hydroxylation sites is 1. The maximum Gasteiger partial charge on any atom is 0.252 e. The number of amides is 1. The average Bonchev–Trinajstić information content (AvgIpc) is 3.40. The van der Waals surface area contributed by atoms with E-state index in [0.717, 1.165) is 40.7 Å². The highest BCUT2D eigenvalue weighted by molar-refractivity contribution is 6.07. The normalized spacial score (nSPS) is 10.6. The Morgan fingerprint density at radius 2 is 1.56 bits per heavy atom. The fourth-order valence-corrected chi connectivity index (χ4v) is 3.95. The molecule has 0 spiro atoms. The van der Waals surface area contributed by atoms with Gasteiger partial charge in [-0.15, -0.1) is 12.4 Å². The van der Waals surface area contributed by atoms with Crippen LogP contribution in [0.2, 0.25) is 0 Å².